The van der Waals surface area contributed by atoms with Crippen molar-refractivity contribution in [1.82, 2.24) is 0 Å². The highest BCUT2D eigenvalue weighted by molar-refractivity contribution is 14.1. The van der Waals surface area contributed by atoms with Crippen molar-refractivity contribution >= 4 is 40.3 Å². The van der Waals surface area contributed by atoms with Crippen LogP contribution in [0.5, 0.6) is 5.75 Å². The Hall–Kier alpha value is -2.33. The molecule has 1 amide bonds. The highest BCUT2D eigenvalue weighted by Crippen LogP contribution is 2.15. The van der Waals surface area contributed by atoms with Gasteiger partial charge in [0.1, 0.15) is 17.4 Å². The second-order valence-corrected chi connectivity index (χ2v) is 5.47. The van der Waals surface area contributed by atoms with Gasteiger partial charge in [0, 0.05) is 9.26 Å². The smallest absolute Gasteiger partial charge is 0.266 e. The van der Waals surface area contributed by atoms with E-state index in [1.807, 2.05) is 30.3 Å². The van der Waals surface area contributed by atoms with E-state index in [-0.39, 0.29) is 11.3 Å². The molecule has 104 valence electrons. The minimum atomic E-state index is -0.485. The fourth-order valence-corrected chi connectivity index (χ4v) is 1.98. The fourth-order valence-electron chi connectivity index (χ4n) is 1.62. The third-order valence-electron chi connectivity index (χ3n) is 2.67. The number of amides is 1. The molecule has 0 aliphatic heterocycles. The van der Waals surface area contributed by atoms with E-state index in [1.54, 1.807) is 12.1 Å². The zero-order chi connectivity index (χ0) is 15.2. The number of rotatable bonds is 3. The Kier molecular flexibility index (Phi) is 4.95. The predicted molar refractivity (Wildman–Crippen MR) is 89.5 cm³/mol. The Morgan fingerprint density at radius 1 is 1.14 bits per heavy atom. The van der Waals surface area contributed by atoms with Crippen molar-refractivity contribution in [2.45, 2.75) is 0 Å². The molecule has 0 aromatic heterocycles. The molecule has 0 saturated carbocycles. The van der Waals surface area contributed by atoms with Gasteiger partial charge in [0.05, 0.1) is 0 Å². The lowest BCUT2D eigenvalue weighted by molar-refractivity contribution is -0.112. The molecule has 2 aromatic carbocycles. The lowest BCUT2D eigenvalue weighted by atomic mass is 10.1. The molecule has 0 saturated heterocycles. The standard InChI is InChI=1S/C16H11IN2O2/c17-13-3-1-11(2-4-13)9-12(10-18)16(21)19-14-5-7-15(20)8-6-14/h1-9,20H,(H,19,21)/b12-9+. The summed E-state index contributed by atoms with van der Waals surface area (Å²) in [5, 5.41) is 20.9. The minimum absolute atomic E-state index is 0.0179. The summed E-state index contributed by atoms with van der Waals surface area (Å²) in [5.74, 6) is -0.371. The summed E-state index contributed by atoms with van der Waals surface area (Å²) in [6.45, 7) is 0. The van der Waals surface area contributed by atoms with Gasteiger partial charge in [0.2, 0.25) is 0 Å². The summed E-state index contributed by atoms with van der Waals surface area (Å²) in [6.07, 6.45) is 1.53. The first-order valence-corrected chi connectivity index (χ1v) is 7.14. The molecule has 4 nitrogen and oxygen atoms in total. The van der Waals surface area contributed by atoms with Gasteiger partial charge in [-0.25, -0.2) is 0 Å². The number of nitriles is 1. The fraction of sp³-hybridized carbons (Fsp3) is 0. The van der Waals surface area contributed by atoms with Crippen molar-refractivity contribution in [2.24, 2.45) is 0 Å². The van der Waals surface area contributed by atoms with Crippen LogP contribution in [0.3, 0.4) is 0 Å². The van der Waals surface area contributed by atoms with Gasteiger partial charge in [0.15, 0.2) is 0 Å². The van der Waals surface area contributed by atoms with Gasteiger partial charge in [-0.1, -0.05) is 12.1 Å². The molecular formula is C16H11IN2O2. The molecular weight excluding hydrogens is 379 g/mol. The second kappa shape index (κ2) is 6.90. The Morgan fingerprint density at radius 3 is 2.33 bits per heavy atom. The van der Waals surface area contributed by atoms with Crippen LogP contribution in [-0.2, 0) is 4.79 Å². The highest BCUT2D eigenvalue weighted by Gasteiger charge is 2.09. The van der Waals surface area contributed by atoms with E-state index in [9.17, 15) is 9.90 Å². The number of halogens is 1. The van der Waals surface area contributed by atoms with Gasteiger partial charge in [-0.15, -0.1) is 0 Å². The summed E-state index contributed by atoms with van der Waals surface area (Å²) in [6, 6.07) is 15.4. The molecule has 5 heteroatoms. The van der Waals surface area contributed by atoms with Crippen molar-refractivity contribution in [1.29, 1.82) is 5.26 Å². The lowest BCUT2D eigenvalue weighted by Crippen LogP contribution is -2.13. The zero-order valence-corrected chi connectivity index (χ0v) is 13.0. The quantitative estimate of drug-likeness (QED) is 0.365. The van der Waals surface area contributed by atoms with E-state index in [4.69, 9.17) is 5.26 Å². The van der Waals surface area contributed by atoms with Crippen molar-refractivity contribution in [3.63, 3.8) is 0 Å². The van der Waals surface area contributed by atoms with Crippen molar-refractivity contribution in [3.8, 4) is 11.8 Å². The Morgan fingerprint density at radius 2 is 1.76 bits per heavy atom. The molecule has 0 unspecified atom stereocenters. The van der Waals surface area contributed by atoms with E-state index in [0.717, 1.165) is 9.13 Å². The van der Waals surface area contributed by atoms with Gasteiger partial charge < -0.3 is 10.4 Å². The van der Waals surface area contributed by atoms with Gasteiger partial charge in [-0.2, -0.15) is 5.26 Å². The van der Waals surface area contributed by atoms with Crippen LogP contribution in [0.1, 0.15) is 5.56 Å². The number of phenolic OH excluding ortho intramolecular Hbond substituents is 1. The topological polar surface area (TPSA) is 73.1 Å². The van der Waals surface area contributed by atoms with Crippen LogP contribution in [0, 0.1) is 14.9 Å². The monoisotopic (exact) mass is 390 g/mol. The molecule has 2 rings (SSSR count). The SMILES string of the molecule is N#C/C(=C\c1ccc(I)cc1)C(=O)Nc1ccc(O)cc1. The Balaban J connectivity index is 2.17. The number of anilines is 1. The molecule has 0 aliphatic carbocycles. The van der Waals surface area contributed by atoms with Crippen molar-refractivity contribution in [3.05, 3.63) is 63.2 Å². The summed E-state index contributed by atoms with van der Waals surface area (Å²) in [7, 11) is 0. The molecule has 0 bridgehead atoms. The largest absolute Gasteiger partial charge is 0.508 e. The summed E-state index contributed by atoms with van der Waals surface area (Å²) in [4.78, 5) is 12.0. The molecule has 0 fully saturated rings. The number of benzene rings is 2. The summed E-state index contributed by atoms with van der Waals surface area (Å²) in [5.41, 5.74) is 1.32. The van der Waals surface area contributed by atoms with Gasteiger partial charge in [0.25, 0.3) is 5.91 Å². The number of aromatic hydroxyl groups is 1. The first-order chi connectivity index (χ1) is 10.1. The molecule has 0 aliphatic rings. The maximum atomic E-state index is 12.0. The average molecular weight is 390 g/mol. The third-order valence-corrected chi connectivity index (χ3v) is 3.39. The zero-order valence-electron chi connectivity index (χ0n) is 10.9. The number of phenols is 1. The summed E-state index contributed by atoms with van der Waals surface area (Å²) < 4.78 is 1.08. The molecule has 2 aromatic rings. The van der Waals surface area contributed by atoms with Gasteiger partial charge in [-0.05, 0) is 70.6 Å². The van der Waals surface area contributed by atoms with Crippen LogP contribution >= 0.6 is 22.6 Å². The van der Waals surface area contributed by atoms with Crippen LogP contribution in [-0.4, -0.2) is 11.0 Å². The van der Waals surface area contributed by atoms with Crippen molar-refractivity contribution < 1.29 is 9.90 Å². The maximum absolute atomic E-state index is 12.0. The average Bonchev–Trinajstić information content (AvgIpc) is 2.49. The van der Waals surface area contributed by atoms with Crippen LogP contribution < -0.4 is 5.32 Å². The van der Waals surface area contributed by atoms with E-state index in [1.165, 1.54) is 18.2 Å². The van der Waals surface area contributed by atoms with Gasteiger partial charge >= 0.3 is 0 Å². The Labute approximate surface area is 135 Å². The number of hydrogen-bond acceptors (Lipinski definition) is 3. The number of hydrogen-bond donors (Lipinski definition) is 2. The van der Waals surface area contributed by atoms with Gasteiger partial charge in [-0.3, -0.25) is 4.79 Å². The third kappa shape index (κ3) is 4.33. The van der Waals surface area contributed by atoms with Crippen LogP contribution in [0.4, 0.5) is 5.69 Å². The van der Waals surface area contributed by atoms with Crippen LogP contribution in [0.2, 0.25) is 0 Å². The first kappa shape index (κ1) is 15.1. The number of carbonyl (C=O) groups excluding carboxylic acids is 1. The summed E-state index contributed by atoms with van der Waals surface area (Å²) >= 11 is 2.19. The molecule has 0 spiro atoms. The van der Waals surface area contributed by atoms with E-state index in [2.05, 4.69) is 27.9 Å². The molecule has 0 atom stereocenters. The van der Waals surface area contributed by atoms with Crippen LogP contribution in [0.25, 0.3) is 6.08 Å². The lowest BCUT2D eigenvalue weighted by Gasteiger charge is -2.04. The highest BCUT2D eigenvalue weighted by atomic mass is 127. The van der Waals surface area contributed by atoms with Crippen molar-refractivity contribution in [2.75, 3.05) is 5.32 Å². The number of carbonyl (C=O) groups is 1. The minimum Gasteiger partial charge on any atom is -0.508 e. The second-order valence-electron chi connectivity index (χ2n) is 4.22. The molecule has 21 heavy (non-hydrogen) atoms. The number of nitrogens with zero attached hydrogens (tertiary/aromatic N) is 1. The van der Waals surface area contributed by atoms with E-state index in [0.29, 0.717) is 5.69 Å². The van der Waals surface area contributed by atoms with E-state index >= 15 is 0 Å². The number of nitrogens with one attached hydrogen (secondary N) is 1. The molecule has 0 heterocycles. The normalized spacial score (nSPS) is 10.8. The molecule has 0 radical (unpaired) electrons. The van der Waals surface area contributed by atoms with E-state index < -0.39 is 5.91 Å². The Bertz CT molecular complexity index is 713. The predicted octanol–water partition coefficient (Wildman–Crippen LogP) is 3.54. The van der Waals surface area contributed by atoms with Crippen LogP contribution in [0.15, 0.2) is 54.1 Å². The maximum Gasteiger partial charge on any atom is 0.266 e. The first-order valence-electron chi connectivity index (χ1n) is 6.06. The molecule has 2 N–H and O–H groups in total.